The highest BCUT2D eigenvalue weighted by atomic mass is 16.6. The van der Waals surface area contributed by atoms with E-state index in [1.807, 2.05) is 48.2 Å². The largest absolute Gasteiger partial charge is 0.368 e. The number of hydrogen-bond donors (Lipinski definition) is 0. The number of carbonyl (C=O) groups excluding carboxylic acids is 1. The van der Waals surface area contributed by atoms with E-state index in [2.05, 4.69) is 4.90 Å². The third-order valence-corrected chi connectivity index (χ3v) is 4.54. The third kappa shape index (κ3) is 4.08. The SMILES string of the molecule is Cc1cc([N+](=O)[O-])ccc1N1CCN(C(=O)C=Cc2ccccc2)CC1. The van der Waals surface area contributed by atoms with Crippen LogP contribution < -0.4 is 4.90 Å². The number of nitrogens with zero attached hydrogens (tertiary/aromatic N) is 3. The van der Waals surface area contributed by atoms with Crippen LogP contribution in [0.3, 0.4) is 0 Å². The van der Waals surface area contributed by atoms with E-state index in [0.717, 1.165) is 16.8 Å². The van der Waals surface area contributed by atoms with Crippen LogP contribution in [0.1, 0.15) is 11.1 Å². The van der Waals surface area contributed by atoms with E-state index >= 15 is 0 Å². The van der Waals surface area contributed by atoms with Gasteiger partial charge < -0.3 is 9.80 Å². The van der Waals surface area contributed by atoms with Crippen LogP contribution in [0, 0.1) is 17.0 Å². The molecule has 0 spiro atoms. The third-order valence-electron chi connectivity index (χ3n) is 4.54. The second kappa shape index (κ2) is 7.82. The summed E-state index contributed by atoms with van der Waals surface area (Å²) in [4.78, 5) is 26.8. The van der Waals surface area contributed by atoms with Crippen molar-refractivity contribution in [2.45, 2.75) is 6.92 Å². The van der Waals surface area contributed by atoms with Crippen LogP contribution in [0.5, 0.6) is 0 Å². The van der Waals surface area contributed by atoms with Crippen molar-refractivity contribution in [3.63, 3.8) is 0 Å². The van der Waals surface area contributed by atoms with E-state index in [-0.39, 0.29) is 16.5 Å². The summed E-state index contributed by atoms with van der Waals surface area (Å²) < 4.78 is 0. The van der Waals surface area contributed by atoms with Crippen molar-refractivity contribution in [3.8, 4) is 0 Å². The molecule has 0 unspecified atom stereocenters. The zero-order valence-corrected chi connectivity index (χ0v) is 14.7. The molecule has 0 atom stereocenters. The predicted molar refractivity (Wildman–Crippen MR) is 102 cm³/mol. The van der Waals surface area contributed by atoms with Gasteiger partial charge in [0.2, 0.25) is 5.91 Å². The van der Waals surface area contributed by atoms with Crippen molar-refractivity contribution in [2.24, 2.45) is 0 Å². The summed E-state index contributed by atoms with van der Waals surface area (Å²) in [6.07, 6.45) is 3.44. The van der Waals surface area contributed by atoms with Crippen LogP contribution in [0.2, 0.25) is 0 Å². The van der Waals surface area contributed by atoms with E-state index in [4.69, 9.17) is 0 Å². The zero-order valence-electron chi connectivity index (χ0n) is 14.7. The van der Waals surface area contributed by atoms with E-state index in [1.165, 1.54) is 6.07 Å². The second-order valence-corrected chi connectivity index (χ2v) is 6.28. The van der Waals surface area contributed by atoms with Crippen molar-refractivity contribution in [2.75, 3.05) is 31.1 Å². The Labute approximate surface area is 152 Å². The maximum absolute atomic E-state index is 12.3. The lowest BCUT2D eigenvalue weighted by Crippen LogP contribution is -2.48. The summed E-state index contributed by atoms with van der Waals surface area (Å²) in [6, 6.07) is 14.7. The number of non-ortho nitro benzene ring substituents is 1. The van der Waals surface area contributed by atoms with Crippen LogP contribution in [-0.4, -0.2) is 41.9 Å². The minimum atomic E-state index is -0.382. The van der Waals surface area contributed by atoms with Gasteiger partial charge >= 0.3 is 0 Å². The number of nitro groups is 1. The fourth-order valence-electron chi connectivity index (χ4n) is 3.11. The van der Waals surface area contributed by atoms with E-state index in [9.17, 15) is 14.9 Å². The fourth-order valence-corrected chi connectivity index (χ4v) is 3.11. The predicted octanol–water partition coefficient (Wildman–Crippen LogP) is 3.27. The summed E-state index contributed by atoms with van der Waals surface area (Å²) >= 11 is 0. The summed E-state index contributed by atoms with van der Waals surface area (Å²) in [5.74, 6) is 0.00826. The van der Waals surface area contributed by atoms with E-state index in [1.54, 1.807) is 18.2 Å². The van der Waals surface area contributed by atoms with Gasteiger partial charge in [-0.1, -0.05) is 30.3 Å². The summed E-state index contributed by atoms with van der Waals surface area (Å²) in [5, 5.41) is 10.9. The first-order valence-corrected chi connectivity index (χ1v) is 8.56. The number of amides is 1. The molecule has 1 aliphatic rings. The molecule has 1 heterocycles. The molecule has 0 radical (unpaired) electrons. The van der Waals surface area contributed by atoms with Gasteiger partial charge in [0, 0.05) is 50.1 Å². The molecule has 3 rings (SSSR count). The lowest BCUT2D eigenvalue weighted by atomic mass is 10.1. The van der Waals surface area contributed by atoms with Crippen molar-refractivity contribution in [3.05, 3.63) is 75.8 Å². The van der Waals surface area contributed by atoms with Gasteiger partial charge in [-0.3, -0.25) is 14.9 Å². The first-order chi connectivity index (χ1) is 12.5. The number of benzene rings is 2. The lowest BCUT2D eigenvalue weighted by Gasteiger charge is -2.36. The Bertz CT molecular complexity index is 825. The zero-order chi connectivity index (χ0) is 18.5. The monoisotopic (exact) mass is 351 g/mol. The quantitative estimate of drug-likeness (QED) is 0.482. The Hall–Kier alpha value is -3.15. The number of nitro benzene ring substituents is 1. The van der Waals surface area contributed by atoms with Gasteiger partial charge in [0.25, 0.3) is 5.69 Å². The maximum Gasteiger partial charge on any atom is 0.269 e. The number of carbonyl (C=O) groups is 1. The minimum Gasteiger partial charge on any atom is -0.368 e. The van der Waals surface area contributed by atoms with Crippen molar-refractivity contribution in [1.82, 2.24) is 4.90 Å². The van der Waals surface area contributed by atoms with Crippen LogP contribution >= 0.6 is 0 Å². The molecule has 0 aliphatic carbocycles. The number of aryl methyl sites for hydroxylation is 1. The van der Waals surface area contributed by atoms with Gasteiger partial charge in [-0.25, -0.2) is 0 Å². The Morgan fingerprint density at radius 2 is 1.77 bits per heavy atom. The highest BCUT2D eigenvalue weighted by Crippen LogP contribution is 2.25. The van der Waals surface area contributed by atoms with Crippen molar-refractivity contribution in [1.29, 1.82) is 0 Å². The second-order valence-electron chi connectivity index (χ2n) is 6.28. The van der Waals surface area contributed by atoms with Crippen LogP contribution in [0.25, 0.3) is 6.08 Å². The fraction of sp³-hybridized carbons (Fsp3) is 0.250. The molecule has 0 bridgehead atoms. The number of piperazine rings is 1. The van der Waals surface area contributed by atoms with Crippen molar-refractivity contribution >= 4 is 23.4 Å². The normalized spacial score (nSPS) is 14.7. The molecular weight excluding hydrogens is 330 g/mol. The standard InChI is InChI=1S/C20H21N3O3/c1-16-15-18(23(25)26)8-9-19(16)21-11-13-22(14-12-21)20(24)10-7-17-5-3-2-4-6-17/h2-10,15H,11-14H2,1H3. The lowest BCUT2D eigenvalue weighted by molar-refractivity contribution is -0.384. The van der Waals surface area contributed by atoms with Gasteiger partial charge in [0.05, 0.1) is 4.92 Å². The number of hydrogen-bond acceptors (Lipinski definition) is 4. The summed E-state index contributed by atoms with van der Waals surface area (Å²) in [5.41, 5.74) is 2.97. The van der Waals surface area contributed by atoms with E-state index < -0.39 is 0 Å². The minimum absolute atomic E-state index is 0.00826. The molecule has 1 amide bonds. The van der Waals surface area contributed by atoms with Gasteiger partial charge in [0.15, 0.2) is 0 Å². The van der Waals surface area contributed by atoms with Gasteiger partial charge in [-0.2, -0.15) is 0 Å². The molecule has 26 heavy (non-hydrogen) atoms. The van der Waals surface area contributed by atoms with E-state index in [0.29, 0.717) is 26.2 Å². The smallest absolute Gasteiger partial charge is 0.269 e. The Balaban J connectivity index is 1.60. The summed E-state index contributed by atoms with van der Waals surface area (Å²) in [6.45, 7) is 4.57. The molecule has 0 saturated carbocycles. The molecule has 6 nitrogen and oxygen atoms in total. The Kier molecular flexibility index (Phi) is 5.31. The molecule has 0 aromatic heterocycles. The van der Waals surface area contributed by atoms with Crippen molar-refractivity contribution < 1.29 is 9.72 Å². The average Bonchev–Trinajstić information content (AvgIpc) is 2.67. The van der Waals surface area contributed by atoms with Crippen LogP contribution in [0.15, 0.2) is 54.6 Å². The number of rotatable bonds is 4. The highest BCUT2D eigenvalue weighted by Gasteiger charge is 2.21. The molecule has 1 fully saturated rings. The molecular formula is C20H21N3O3. The van der Waals surface area contributed by atoms with Gasteiger partial charge in [-0.05, 0) is 30.2 Å². The van der Waals surface area contributed by atoms with Crippen LogP contribution in [-0.2, 0) is 4.79 Å². The van der Waals surface area contributed by atoms with Crippen LogP contribution in [0.4, 0.5) is 11.4 Å². The molecule has 0 N–H and O–H groups in total. The van der Waals surface area contributed by atoms with Gasteiger partial charge in [0.1, 0.15) is 0 Å². The molecule has 2 aromatic rings. The molecule has 1 saturated heterocycles. The molecule has 2 aromatic carbocycles. The molecule has 134 valence electrons. The number of anilines is 1. The first kappa shape index (κ1) is 17.7. The Morgan fingerprint density at radius 3 is 2.38 bits per heavy atom. The average molecular weight is 351 g/mol. The highest BCUT2D eigenvalue weighted by molar-refractivity contribution is 5.92. The Morgan fingerprint density at radius 1 is 1.08 bits per heavy atom. The molecule has 6 heteroatoms. The van der Waals surface area contributed by atoms with Gasteiger partial charge in [-0.15, -0.1) is 0 Å². The molecule has 1 aliphatic heterocycles. The first-order valence-electron chi connectivity index (χ1n) is 8.56. The summed E-state index contributed by atoms with van der Waals surface area (Å²) in [7, 11) is 0. The topological polar surface area (TPSA) is 66.7 Å². The maximum atomic E-state index is 12.3.